The minimum Gasteiger partial charge on any atom is -0.378 e. The first-order chi connectivity index (χ1) is 10.5. The van der Waals surface area contributed by atoms with E-state index in [2.05, 4.69) is 33.3 Å². The van der Waals surface area contributed by atoms with Crippen LogP contribution in [0, 0.1) is 6.92 Å². The highest BCUT2D eigenvalue weighted by molar-refractivity contribution is 7.10. The Morgan fingerprint density at radius 2 is 2.05 bits per heavy atom. The Balaban J connectivity index is 1.81. The lowest BCUT2D eigenvalue weighted by Gasteiger charge is -2.32. The van der Waals surface area contributed by atoms with Gasteiger partial charge in [-0.05, 0) is 51.6 Å². The highest BCUT2D eigenvalue weighted by Gasteiger charge is 2.40. The van der Waals surface area contributed by atoms with Gasteiger partial charge in [-0.15, -0.1) is 0 Å². The molecule has 22 heavy (non-hydrogen) atoms. The Morgan fingerprint density at radius 3 is 2.73 bits per heavy atom. The second-order valence-electron chi connectivity index (χ2n) is 6.69. The average molecular weight is 322 g/mol. The molecule has 2 saturated heterocycles. The minimum atomic E-state index is 0.145. The number of hydrogen-bond acceptors (Lipinski definition) is 5. The maximum atomic E-state index is 13.0. The summed E-state index contributed by atoms with van der Waals surface area (Å²) in [4.78, 5) is 17.7. The summed E-state index contributed by atoms with van der Waals surface area (Å²) in [6.45, 7) is 8.19. The molecule has 1 amide bonds. The van der Waals surface area contributed by atoms with E-state index in [4.69, 9.17) is 0 Å². The Bertz CT molecular complexity index is 556. The predicted molar refractivity (Wildman–Crippen MR) is 90.7 cm³/mol. The summed E-state index contributed by atoms with van der Waals surface area (Å²) in [7, 11) is 1.86. The number of rotatable bonds is 3. The third-order valence-electron chi connectivity index (χ3n) is 5.03. The second-order valence-corrected chi connectivity index (χ2v) is 7.46. The van der Waals surface area contributed by atoms with E-state index in [1.807, 2.05) is 14.0 Å². The Hall–Kier alpha value is -1.14. The third-order valence-corrected chi connectivity index (χ3v) is 5.98. The zero-order chi connectivity index (χ0) is 15.9. The highest BCUT2D eigenvalue weighted by atomic mass is 32.1. The van der Waals surface area contributed by atoms with Gasteiger partial charge in [0.1, 0.15) is 5.00 Å². The van der Waals surface area contributed by atoms with E-state index in [1.54, 1.807) is 0 Å². The number of anilines is 1. The molecular weight excluding hydrogens is 296 g/mol. The zero-order valence-electron chi connectivity index (χ0n) is 13.9. The molecule has 2 bridgehead atoms. The first-order valence-electron chi connectivity index (χ1n) is 8.23. The van der Waals surface area contributed by atoms with E-state index in [0.717, 1.165) is 35.8 Å². The van der Waals surface area contributed by atoms with E-state index in [0.29, 0.717) is 18.1 Å². The number of nitrogens with one attached hydrogen (secondary N) is 1. The normalized spacial score (nSPS) is 25.6. The van der Waals surface area contributed by atoms with Gasteiger partial charge in [0.25, 0.3) is 5.91 Å². The molecular formula is C16H26N4OS. The van der Waals surface area contributed by atoms with Crippen molar-refractivity contribution in [3.63, 3.8) is 0 Å². The van der Waals surface area contributed by atoms with Crippen molar-refractivity contribution in [3.8, 4) is 0 Å². The molecule has 3 heterocycles. The van der Waals surface area contributed by atoms with Crippen LogP contribution < -0.4 is 5.32 Å². The monoisotopic (exact) mass is 322 g/mol. The lowest BCUT2D eigenvalue weighted by molar-refractivity contribution is 0.0729. The number of aryl methyl sites for hydroxylation is 1. The van der Waals surface area contributed by atoms with E-state index < -0.39 is 0 Å². The van der Waals surface area contributed by atoms with E-state index in [1.165, 1.54) is 24.4 Å². The average Bonchev–Trinajstić information content (AvgIpc) is 2.97. The fourth-order valence-electron chi connectivity index (χ4n) is 4.09. The summed E-state index contributed by atoms with van der Waals surface area (Å²) in [6, 6.07) is 1.72. The molecule has 2 aliphatic heterocycles. The van der Waals surface area contributed by atoms with Crippen molar-refractivity contribution in [2.24, 2.45) is 0 Å². The molecule has 1 aromatic rings. The van der Waals surface area contributed by atoms with Crippen molar-refractivity contribution in [1.29, 1.82) is 0 Å². The van der Waals surface area contributed by atoms with Gasteiger partial charge >= 0.3 is 0 Å². The van der Waals surface area contributed by atoms with E-state index in [9.17, 15) is 4.79 Å². The Morgan fingerprint density at radius 1 is 1.32 bits per heavy atom. The maximum Gasteiger partial charge on any atom is 0.258 e. The van der Waals surface area contributed by atoms with Crippen LogP contribution in [0.1, 0.15) is 49.2 Å². The molecule has 0 aliphatic carbocycles. The summed E-state index contributed by atoms with van der Waals surface area (Å²) in [5.41, 5.74) is 1.61. The largest absolute Gasteiger partial charge is 0.378 e. The second kappa shape index (κ2) is 6.16. The van der Waals surface area contributed by atoms with Crippen LogP contribution in [0.5, 0.6) is 0 Å². The van der Waals surface area contributed by atoms with Gasteiger partial charge in [0, 0.05) is 38.3 Å². The van der Waals surface area contributed by atoms with Crippen LogP contribution in [0.2, 0.25) is 0 Å². The van der Waals surface area contributed by atoms with Crippen molar-refractivity contribution >= 4 is 22.4 Å². The van der Waals surface area contributed by atoms with Crippen LogP contribution in [0.4, 0.5) is 5.00 Å². The summed E-state index contributed by atoms with van der Waals surface area (Å²) < 4.78 is 4.34. The fourth-order valence-corrected chi connectivity index (χ4v) is 4.83. The number of carbonyl (C=O) groups excluding carboxylic acids is 1. The smallest absolute Gasteiger partial charge is 0.258 e. The minimum absolute atomic E-state index is 0.145. The topological polar surface area (TPSA) is 48.5 Å². The fraction of sp³-hybridized carbons (Fsp3) is 0.750. The van der Waals surface area contributed by atoms with Crippen LogP contribution in [-0.2, 0) is 0 Å². The van der Waals surface area contributed by atoms with Crippen molar-refractivity contribution in [3.05, 3.63) is 11.3 Å². The molecule has 3 rings (SSSR count). The Kier molecular flexibility index (Phi) is 4.41. The number of carbonyl (C=O) groups is 1. The van der Waals surface area contributed by atoms with Gasteiger partial charge in [0.15, 0.2) is 0 Å². The molecule has 1 N–H and O–H groups in total. The molecule has 0 spiro atoms. The predicted octanol–water partition coefficient (Wildman–Crippen LogP) is 2.58. The highest BCUT2D eigenvalue weighted by Crippen LogP contribution is 2.33. The van der Waals surface area contributed by atoms with Gasteiger partial charge in [-0.3, -0.25) is 9.69 Å². The molecule has 2 fully saturated rings. The molecule has 122 valence electrons. The number of amides is 1. The third kappa shape index (κ3) is 2.63. The van der Waals surface area contributed by atoms with Crippen LogP contribution in [0.25, 0.3) is 0 Å². The molecule has 0 radical (unpaired) electrons. The molecule has 2 unspecified atom stereocenters. The number of fused-ring (bicyclic) bond motifs is 2. The molecule has 1 aromatic heterocycles. The maximum absolute atomic E-state index is 13.0. The van der Waals surface area contributed by atoms with Gasteiger partial charge < -0.3 is 10.2 Å². The quantitative estimate of drug-likeness (QED) is 0.929. The first-order valence-corrected chi connectivity index (χ1v) is 9.01. The Labute approximate surface area is 136 Å². The van der Waals surface area contributed by atoms with Gasteiger partial charge in [0.05, 0.1) is 11.3 Å². The van der Waals surface area contributed by atoms with Crippen LogP contribution in [0.15, 0.2) is 0 Å². The number of likely N-dealkylation sites (tertiary alicyclic amines) is 1. The van der Waals surface area contributed by atoms with Crippen molar-refractivity contribution in [2.45, 2.75) is 58.2 Å². The SMILES string of the molecule is CNc1snc(C)c1C(=O)N1CCC2CCC(C1)N2C(C)C. The van der Waals surface area contributed by atoms with Crippen LogP contribution in [0.3, 0.4) is 0 Å². The van der Waals surface area contributed by atoms with Crippen LogP contribution in [-0.4, -0.2) is 58.3 Å². The molecule has 2 aliphatic rings. The number of aromatic nitrogens is 1. The molecule has 6 heteroatoms. The van der Waals surface area contributed by atoms with Crippen molar-refractivity contribution < 1.29 is 4.79 Å². The van der Waals surface area contributed by atoms with Crippen molar-refractivity contribution in [1.82, 2.24) is 14.2 Å². The van der Waals surface area contributed by atoms with Gasteiger partial charge in [-0.1, -0.05) is 0 Å². The molecule has 5 nitrogen and oxygen atoms in total. The number of nitrogens with zero attached hydrogens (tertiary/aromatic N) is 3. The zero-order valence-corrected chi connectivity index (χ0v) is 14.7. The number of hydrogen-bond donors (Lipinski definition) is 1. The lowest BCUT2D eigenvalue weighted by atomic mass is 10.1. The van der Waals surface area contributed by atoms with Crippen molar-refractivity contribution in [2.75, 3.05) is 25.5 Å². The van der Waals surface area contributed by atoms with Gasteiger partial charge in [-0.2, -0.15) is 4.37 Å². The lowest BCUT2D eigenvalue weighted by Crippen LogP contribution is -2.44. The molecule has 0 saturated carbocycles. The van der Waals surface area contributed by atoms with E-state index >= 15 is 0 Å². The molecule has 2 atom stereocenters. The summed E-state index contributed by atoms with van der Waals surface area (Å²) >= 11 is 1.38. The summed E-state index contributed by atoms with van der Waals surface area (Å²) in [5, 5.41) is 4.00. The summed E-state index contributed by atoms with van der Waals surface area (Å²) in [6.07, 6.45) is 3.59. The van der Waals surface area contributed by atoms with Crippen LogP contribution >= 0.6 is 11.5 Å². The molecule has 0 aromatic carbocycles. The van der Waals surface area contributed by atoms with E-state index in [-0.39, 0.29) is 5.91 Å². The summed E-state index contributed by atoms with van der Waals surface area (Å²) in [5.74, 6) is 0.145. The van der Waals surface area contributed by atoms with Gasteiger partial charge in [0.2, 0.25) is 0 Å². The standard InChI is InChI=1S/C16H26N4OS/c1-10(2)20-12-5-6-13(20)9-19(8-7-12)16(21)14-11(3)18-22-15(14)17-4/h10,12-13,17H,5-9H2,1-4H3. The van der Waals surface area contributed by atoms with Gasteiger partial charge in [-0.25, -0.2) is 0 Å². The first kappa shape index (κ1) is 15.7.